The number of carbonyl (C=O) groups excluding carboxylic acids is 1. The number of nitrogens with one attached hydrogen (secondary N) is 1. The number of aryl methyl sites for hydroxylation is 1. The summed E-state index contributed by atoms with van der Waals surface area (Å²) in [5, 5.41) is 6.66. The van der Waals surface area contributed by atoms with Crippen LogP contribution in [0.15, 0.2) is 24.3 Å². The Bertz CT molecular complexity index is 615. The zero-order valence-corrected chi connectivity index (χ0v) is 12.9. The van der Waals surface area contributed by atoms with E-state index in [0.29, 0.717) is 17.1 Å². The van der Waals surface area contributed by atoms with E-state index in [4.69, 9.17) is 9.47 Å². The first-order valence-corrected chi connectivity index (χ1v) is 7.17. The molecular weight excluding hydrogens is 290 g/mol. The van der Waals surface area contributed by atoms with E-state index >= 15 is 0 Å². The average molecular weight is 307 g/mol. The highest BCUT2D eigenvalue weighted by Gasteiger charge is 2.16. The summed E-state index contributed by atoms with van der Waals surface area (Å²) in [5.74, 6) is 0.566. The monoisotopic (exact) mass is 307 g/mol. The summed E-state index contributed by atoms with van der Waals surface area (Å²) in [6.07, 6.45) is -0.245. The van der Waals surface area contributed by atoms with Crippen LogP contribution in [0.3, 0.4) is 0 Å². The summed E-state index contributed by atoms with van der Waals surface area (Å²) in [7, 11) is 3.22. The SMILES string of the molecule is COc1cccc([C@H](CNC(=O)c2snnc2C)OC)c1. The van der Waals surface area contributed by atoms with Gasteiger partial charge in [-0.3, -0.25) is 4.79 Å². The third-order valence-electron chi connectivity index (χ3n) is 3.06. The molecule has 0 unspecified atom stereocenters. The quantitative estimate of drug-likeness (QED) is 0.883. The van der Waals surface area contributed by atoms with Crippen molar-refractivity contribution in [2.24, 2.45) is 0 Å². The Labute approximate surface area is 127 Å². The zero-order valence-electron chi connectivity index (χ0n) is 12.1. The van der Waals surface area contributed by atoms with Crippen molar-refractivity contribution >= 4 is 17.4 Å². The molecule has 1 heterocycles. The number of carbonyl (C=O) groups is 1. The molecule has 1 amide bonds. The van der Waals surface area contributed by atoms with E-state index in [1.54, 1.807) is 21.1 Å². The van der Waals surface area contributed by atoms with Gasteiger partial charge in [0.25, 0.3) is 5.91 Å². The number of rotatable bonds is 6. The lowest BCUT2D eigenvalue weighted by molar-refractivity contribution is 0.0829. The Morgan fingerprint density at radius 2 is 2.24 bits per heavy atom. The molecule has 0 spiro atoms. The predicted octanol–water partition coefficient (Wildman–Crippen LogP) is 1.97. The number of hydrogen-bond acceptors (Lipinski definition) is 6. The molecule has 6 nitrogen and oxygen atoms in total. The second kappa shape index (κ2) is 7.14. The number of nitrogens with zero attached hydrogens (tertiary/aromatic N) is 2. The van der Waals surface area contributed by atoms with E-state index in [9.17, 15) is 4.79 Å². The van der Waals surface area contributed by atoms with Gasteiger partial charge in [-0.2, -0.15) is 0 Å². The van der Waals surface area contributed by atoms with Crippen molar-refractivity contribution in [1.82, 2.24) is 14.9 Å². The van der Waals surface area contributed by atoms with Crippen LogP contribution in [0.25, 0.3) is 0 Å². The van der Waals surface area contributed by atoms with Crippen molar-refractivity contribution < 1.29 is 14.3 Å². The van der Waals surface area contributed by atoms with Gasteiger partial charge in [0, 0.05) is 13.7 Å². The highest BCUT2D eigenvalue weighted by molar-refractivity contribution is 7.07. The van der Waals surface area contributed by atoms with Crippen molar-refractivity contribution in [3.8, 4) is 5.75 Å². The molecule has 2 aromatic rings. The Hall–Kier alpha value is -1.99. The van der Waals surface area contributed by atoms with Crippen molar-refractivity contribution in [3.05, 3.63) is 40.4 Å². The lowest BCUT2D eigenvalue weighted by atomic mass is 10.1. The molecule has 1 aromatic heterocycles. The first-order chi connectivity index (χ1) is 10.2. The smallest absolute Gasteiger partial charge is 0.265 e. The molecule has 1 N–H and O–H groups in total. The highest BCUT2D eigenvalue weighted by atomic mass is 32.1. The number of hydrogen-bond donors (Lipinski definition) is 1. The van der Waals surface area contributed by atoms with Gasteiger partial charge in [-0.15, -0.1) is 5.10 Å². The fourth-order valence-corrected chi connectivity index (χ4v) is 2.46. The van der Waals surface area contributed by atoms with Crippen LogP contribution in [0.5, 0.6) is 5.75 Å². The molecule has 7 heteroatoms. The zero-order chi connectivity index (χ0) is 15.2. The molecule has 21 heavy (non-hydrogen) atoms. The lowest BCUT2D eigenvalue weighted by Crippen LogP contribution is -2.29. The maximum atomic E-state index is 12.0. The van der Waals surface area contributed by atoms with Gasteiger partial charge < -0.3 is 14.8 Å². The van der Waals surface area contributed by atoms with Gasteiger partial charge in [-0.25, -0.2) is 0 Å². The van der Waals surface area contributed by atoms with Gasteiger partial charge in [-0.05, 0) is 36.2 Å². The molecule has 2 rings (SSSR count). The summed E-state index contributed by atoms with van der Waals surface area (Å²) in [5.41, 5.74) is 1.57. The van der Waals surface area contributed by atoms with Crippen LogP contribution in [-0.2, 0) is 4.74 Å². The summed E-state index contributed by atoms with van der Waals surface area (Å²) < 4.78 is 14.4. The summed E-state index contributed by atoms with van der Waals surface area (Å²) in [4.78, 5) is 12.6. The van der Waals surface area contributed by atoms with Crippen LogP contribution in [-0.4, -0.2) is 36.3 Å². The van der Waals surface area contributed by atoms with Crippen LogP contribution < -0.4 is 10.1 Å². The fraction of sp³-hybridized carbons (Fsp3) is 0.357. The number of amides is 1. The van der Waals surface area contributed by atoms with E-state index in [2.05, 4.69) is 14.9 Å². The highest BCUT2D eigenvalue weighted by Crippen LogP contribution is 2.21. The van der Waals surface area contributed by atoms with Crippen LogP contribution in [0.4, 0.5) is 0 Å². The van der Waals surface area contributed by atoms with E-state index in [1.165, 1.54) is 0 Å². The number of methoxy groups -OCH3 is 2. The molecule has 0 saturated carbocycles. The third kappa shape index (κ3) is 3.77. The minimum atomic E-state index is -0.245. The lowest BCUT2D eigenvalue weighted by Gasteiger charge is -2.17. The Balaban J connectivity index is 2.02. The average Bonchev–Trinajstić information content (AvgIpc) is 2.94. The maximum absolute atomic E-state index is 12.0. The molecule has 0 aliphatic carbocycles. The molecule has 112 valence electrons. The molecule has 0 aliphatic heterocycles. The summed E-state index contributed by atoms with van der Waals surface area (Å²) in [6, 6.07) is 7.57. The van der Waals surface area contributed by atoms with Crippen molar-refractivity contribution in [2.75, 3.05) is 20.8 Å². The normalized spacial score (nSPS) is 12.0. The molecule has 0 aliphatic rings. The van der Waals surface area contributed by atoms with Crippen molar-refractivity contribution in [1.29, 1.82) is 0 Å². The largest absolute Gasteiger partial charge is 0.497 e. The van der Waals surface area contributed by atoms with Crippen molar-refractivity contribution in [2.45, 2.75) is 13.0 Å². The maximum Gasteiger partial charge on any atom is 0.265 e. The van der Waals surface area contributed by atoms with Crippen molar-refractivity contribution in [3.63, 3.8) is 0 Å². The Morgan fingerprint density at radius 1 is 1.43 bits per heavy atom. The minimum absolute atomic E-state index is 0.188. The molecule has 0 bridgehead atoms. The van der Waals surface area contributed by atoms with E-state index < -0.39 is 0 Å². The molecule has 1 atom stereocenters. The van der Waals surface area contributed by atoms with Crippen LogP contribution in [0.2, 0.25) is 0 Å². The molecular formula is C14H17N3O3S. The second-order valence-electron chi connectivity index (χ2n) is 4.40. The standard InChI is InChI=1S/C14H17N3O3S/c1-9-13(21-17-16-9)14(18)15-8-12(20-3)10-5-4-6-11(7-10)19-2/h4-7,12H,8H2,1-3H3,(H,15,18)/t12-/m0/s1. The number of benzene rings is 1. The first kappa shape index (κ1) is 15.4. The van der Waals surface area contributed by atoms with Crippen LogP contribution in [0, 0.1) is 6.92 Å². The first-order valence-electron chi connectivity index (χ1n) is 6.39. The van der Waals surface area contributed by atoms with Gasteiger partial charge in [0.05, 0.1) is 18.9 Å². The van der Waals surface area contributed by atoms with E-state index in [-0.39, 0.29) is 12.0 Å². The molecule has 0 radical (unpaired) electrons. The van der Waals surface area contributed by atoms with E-state index in [1.807, 2.05) is 24.3 Å². The molecule has 0 fully saturated rings. The van der Waals surface area contributed by atoms with Gasteiger partial charge in [0.1, 0.15) is 10.6 Å². The third-order valence-corrected chi connectivity index (χ3v) is 3.88. The van der Waals surface area contributed by atoms with E-state index in [0.717, 1.165) is 22.8 Å². The Morgan fingerprint density at radius 3 is 2.86 bits per heavy atom. The number of aromatic nitrogens is 2. The predicted molar refractivity (Wildman–Crippen MR) is 79.7 cm³/mol. The van der Waals surface area contributed by atoms with Gasteiger partial charge in [0.2, 0.25) is 0 Å². The fourth-order valence-electron chi connectivity index (χ4n) is 1.88. The number of ether oxygens (including phenoxy) is 2. The van der Waals surface area contributed by atoms with Gasteiger partial charge in [0.15, 0.2) is 0 Å². The summed E-state index contributed by atoms with van der Waals surface area (Å²) in [6.45, 7) is 2.12. The Kier molecular flexibility index (Phi) is 5.24. The van der Waals surface area contributed by atoms with Gasteiger partial charge >= 0.3 is 0 Å². The minimum Gasteiger partial charge on any atom is -0.497 e. The van der Waals surface area contributed by atoms with Crippen LogP contribution in [0.1, 0.15) is 27.0 Å². The molecule has 1 aromatic carbocycles. The summed E-state index contributed by atoms with van der Waals surface area (Å²) >= 11 is 1.08. The second-order valence-corrected chi connectivity index (χ2v) is 5.15. The molecule has 0 saturated heterocycles. The van der Waals surface area contributed by atoms with Gasteiger partial charge in [-0.1, -0.05) is 16.6 Å². The topological polar surface area (TPSA) is 73.3 Å². The van der Waals surface area contributed by atoms with Crippen LogP contribution >= 0.6 is 11.5 Å².